The third-order valence-electron chi connectivity index (χ3n) is 5.13. The van der Waals surface area contributed by atoms with E-state index < -0.39 is 11.9 Å². The largest absolute Gasteiger partial charge is 0.478 e. The van der Waals surface area contributed by atoms with E-state index >= 15 is 0 Å². The van der Waals surface area contributed by atoms with Crippen LogP contribution in [0.3, 0.4) is 0 Å². The van der Waals surface area contributed by atoms with Crippen LogP contribution in [-0.4, -0.2) is 48.8 Å². The lowest BCUT2D eigenvalue weighted by atomic mass is 9.94. The van der Waals surface area contributed by atoms with E-state index in [0.29, 0.717) is 30.9 Å². The summed E-state index contributed by atoms with van der Waals surface area (Å²) < 4.78 is 0. The van der Waals surface area contributed by atoms with Crippen LogP contribution in [-0.2, 0) is 17.9 Å². The van der Waals surface area contributed by atoms with E-state index in [2.05, 4.69) is 15.2 Å². The van der Waals surface area contributed by atoms with Crippen LogP contribution in [0.1, 0.15) is 39.5 Å². The van der Waals surface area contributed by atoms with Crippen LogP contribution < -0.4 is 0 Å². The lowest BCUT2D eigenvalue weighted by Crippen LogP contribution is -2.31. The summed E-state index contributed by atoms with van der Waals surface area (Å²) in [7, 11) is 0. The average molecular weight is 392 g/mol. The minimum absolute atomic E-state index is 0.0463. The lowest BCUT2D eigenvalue weighted by molar-refractivity contribution is -0.133. The molecule has 1 aliphatic heterocycles. The van der Waals surface area contributed by atoms with Gasteiger partial charge in [0.1, 0.15) is 5.69 Å². The molecule has 1 unspecified atom stereocenters. The van der Waals surface area contributed by atoms with Crippen molar-refractivity contribution in [1.29, 1.82) is 0 Å². The number of nitrogens with zero attached hydrogens (tertiary/aromatic N) is 3. The van der Waals surface area contributed by atoms with Crippen LogP contribution in [0.25, 0.3) is 11.4 Å². The predicted octanol–water partition coefficient (Wildman–Crippen LogP) is 2.18. The summed E-state index contributed by atoms with van der Waals surface area (Å²) in [6.07, 6.45) is 1.65. The number of hydrogen-bond donors (Lipinski definition) is 3. The van der Waals surface area contributed by atoms with Gasteiger partial charge in [-0.3, -0.25) is 14.9 Å². The highest BCUT2D eigenvalue weighted by Gasteiger charge is 2.33. The molecule has 8 heteroatoms. The van der Waals surface area contributed by atoms with Crippen LogP contribution in [0.15, 0.2) is 48.7 Å². The second kappa shape index (κ2) is 7.84. The Balaban J connectivity index is 1.56. The van der Waals surface area contributed by atoms with Crippen LogP contribution in [0, 0.1) is 0 Å². The minimum Gasteiger partial charge on any atom is -0.478 e. The molecule has 1 aromatic carbocycles. The van der Waals surface area contributed by atoms with Gasteiger partial charge in [-0.05, 0) is 24.1 Å². The summed E-state index contributed by atoms with van der Waals surface area (Å²) in [4.78, 5) is 30.1. The summed E-state index contributed by atoms with van der Waals surface area (Å²) >= 11 is 0. The number of aliphatic hydroxyl groups excluding tert-OH is 1. The van der Waals surface area contributed by atoms with E-state index in [1.54, 1.807) is 11.0 Å². The molecule has 29 heavy (non-hydrogen) atoms. The third kappa shape index (κ3) is 3.62. The van der Waals surface area contributed by atoms with Crippen molar-refractivity contribution in [2.45, 2.75) is 25.4 Å². The normalized spacial score (nSPS) is 13.9. The van der Waals surface area contributed by atoms with Crippen LogP contribution in [0.2, 0.25) is 0 Å². The first-order valence-electron chi connectivity index (χ1n) is 9.29. The molecule has 0 radical (unpaired) electrons. The molecule has 1 amide bonds. The fourth-order valence-electron chi connectivity index (χ4n) is 3.64. The van der Waals surface area contributed by atoms with Crippen molar-refractivity contribution in [3.63, 3.8) is 0 Å². The van der Waals surface area contributed by atoms with Crippen molar-refractivity contribution >= 4 is 11.9 Å². The highest BCUT2D eigenvalue weighted by Crippen LogP contribution is 2.32. The number of fused-ring (bicyclic) bond motifs is 1. The number of rotatable bonds is 6. The Kier molecular flexibility index (Phi) is 5.09. The molecule has 3 aromatic rings. The smallest absolute Gasteiger partial charge is 0.337 e. The fourth-order valence-corrected chi connectivity index (χ4v) is 3.64. The molecular weight excluding hydrogens is 372 g/mol. The number of carboxylic acid groups (broad SMARTS) is 1. The monoisotopic (exact) mass is 392 g/mol. The molecule has 1 aliphatic rings. The standard InChI is InChI=1S/C21H20N4O4/c26-9-8-15(13-4-2-1-3-5-13)20(27)25-11-16-18(12-25)23-24-19(16)17-7-6-14(10-22-17)21(28)29/h1-7,10,15,26H,8-9,11-12H2,(H,23,24)(H,28,29). The zero-order valence-corrected chi connectivity index (χ0v) is 15.6. The number of benzene rings is 1. The van der Waals surface area contributed by atoms with E-state index in [0.717, 1.165) is 16.8 Å². The van der Waals surface area contributed by atoms with Crippen molar-refractivity contribution in [2.24, 2.45) is 0 Å². The van der Waals surface area contributed by atoms with Gasteiger partial charge in [-0.1, -0.05) is 30.3 Å². The summed E-state index contributed by atoms with van der Waals surface area (Å²) in [5, 5.41) is 25.7. The molecule has 4 rings (SSSR count). The number of pyridine rings is 1. The Morgan fingerprint density at radius 3 is 2.59 bits per heavy atom. The van der Waals surface area contributed by atoms with Gasteiger partial charge in [-0.2, -0.15) is 5.10 Å². The van der Waals surface area contributed by atoms with Crippen LogP contribution in [0.4, 0.5) is 0 Å². The summed E-state index contributed by atoms with van der Waals surface area (Å²) in [6.45, 7) is 0.720. The molecule has 1 atom stereocenters. The molecule has 0 fully saturated rings. The summed E-state index contributed by atoms with van der Waals surface area (Å²) in [5.74, 6) is -1.49. The van der Waals surface area contributed by atoms with Crippen LogP contribution >= 0.6 is 0 Å². The predicted molar refractivity (Wildman–Crippen MR) is 104 cm³/mol. The number of aliphatic hydroxyl groups is 1. The third-order valence-corrected chi connectivity index (χ3v) is 5.13. The lowest BCUT2D eigenvalue weighted by Gasteiger charge is -2.23. The number of carbonyl (C=O) groups is 2. The fraction of sp³-hybridized carbons (Fsp3) is 0.238. The topological polar surface area (TPSA) is 119 Å². The molecular formula is C21H20N4O4. The number of carbonyl (C=O) groups excluding carboxylic acids is 1. The maximum atomic E-state index is 13.2. The molecule has 8 nitrogen and oxygen atoms in total. The van der Waals surface area contributed by atoms with Gasteiger partial charge in [0.25, 0.3) is 0 Å². The Hall–Kier alpha value is -3.52. The highest BCUT2D eigenvalue weighted by atomic mass is 16.4. The number of amides is 1. The maximum absolute atomic E-state index is 13.2. The molecule has 148 valence electrons. The Morgan fingerprint density at radius 2 is 1.93 bits per heavy atom. The van der Waals surface area contributed by atoms with Gasteiger partial charge in [0.2, 0.25) is 5.91 Å². The van der Waals surface area contributed by atoms with Crippen molar-refractivity contribution < 1.29 is 19.8 Å². The van der Waals surface area contributed by atoms with E-state index in [1.165, 1.54) is 12.3 Å². The number of H-pyrrole nitrogens is 1. The second-order valence-corrected chi connectivity index (χ2v) is 6.94. The van der Waals surface area contributed by atoms with Gasteiger partial charge in [0, 0.05) is 18.4 Å². The Bertz CT molecular complexity index is 1030. The number of hydrogen-bond acceptors (Lipinski definition) is 5. The van der Waals surface area contributed by atoms with E-state index in [4.69, 9.17) is 5.11 Å². The zero-order valence-electron chi connectivity index (χ0n) is 15.6. The second-order valence-electron chi connectivity index (χ2n) is 6.94. The minimum atomic E-state index is -1.04. The van der Waals surface area contributed by atoms with Gasteiger partial charge in [-0.15, -0.1) is 0 Å². The number of nitrogens with one attached hydrogen (secondary N) is 1. The first kappa shape index (κ1) is 18.8. The van der Waals surface area contributed by atoms with Gasteiger partial charge in [0.05, 0.1) is 36.0 Å². The molecule has 0 aliphatic carbocycles. The first-order chi connectivity index (χ1) is 14.1. The van der Waals surface area contributed by atoms with Crippen molar-refractivity contribution in [3.05, 3.63) is 71.0 Å². The summed E-state index contributed by atoms with van der Waals surface area (Å²) in [6, 6.07) is 12.6. The van der Waals surface area contributed by atoms with Gasteiger partial charge < -0.3 is 15.1 Å². The number of carboxylic acids is 1. The van der Waals surface area contributed by atoms with Crippen molar-refractivity contribution in [2.75, 3.05) is 6.61 Å². The molecule has 3 heterocycles. The number of aromatic amines is 1. The zero-order chi connectivity index (χ0) is 20.4. The number of aromatic nitrogens is 3. The number of aromatic carboxylic acids is 1. The Morgan fingerprint density at radius 1 is 1.14 bits per heavy atom. The maximum Gasteiger partial charge on any atom is 0.337 e. The first-order valence-corrected chi connectivity index (χ1v) is 9.29. The van der Waals surface area contributed by atoms with Gasteiger partial charge >= 0.3 is 5.97 Å². The molecule has 0 saturated carbocycles. The SMILES string of the molecule is O=C(O)c1ccc(-c2n[nH]c3c2CN(C(=O)C(CCO)c2ccccc2)C3)nc1. The van der Waals surface area contributed by atoms with E-state index in [9.17, 15) is 14.7 Å². The van der Waals surface area contributed by atoms with E-state index in [1.807, 2.05) is 30.3 Å². The molecule has 2 aromatic heterocycles. The van der Waals surface area contributed by atoms with Crippen molar-refractivity contribution in [1.82, 2.24) is 20.1 Å². The Labute approximate surface area is 166 Å². The quantitative estimate of drug-likeness (QED) is 0.591. The van der Waals surface area contributed by atoms with Crippen molar-refractivity contribution in [3.8, 4) is 11.4 Å². The van der Waals surface area contributed by atoms with Gasteiger partial charge in [-0.25, -0.2) is 4.79 Å². The van der Waals surface area contributed by atoms with E-state index in [-0.39, 0.29) is 18.1 Å². The van der Waals surface area contributed by atoms with Gasteiger partial charge in [0.15, 0.2) is 0 Å². The molecule has 3 N–H and O–H groups in total. The molecule has 0 saturated heterocycles. The van der Waals surface area contributed by atoms with Crippen LogP contribution in [0.5, 0.6) is 0 Å². The summed E-state index contributed by atoms with van der Waals surface area (Å²) in [5.41, 5.74) is 3.87. The molecule has 0 bridgehead atoms. The highest BCUT2D eigenvalue weighted by molar-refractivity contribution is 5.87. The average Bonchev–Trinajstić information content (AvgIpc) is 3.33. The molecule has 0 spiro atoms.